The molecule has 0 aromatic heterocycles. The lowest BCUT2D eigenvalue weighted by Gasteiger charge is -2.16. The van der Waals surface area contributed by atoms with Crippen molar-refractivity contribution in [3.8, 4) is 11.1 Å². The number of hydrogen-bond acceptors (Lipinski definition) is 2. The first-order chi connectivity index (χ1) is 11.7. The van der Waals surface area contributed by atoms with E-state index < -0.39 is 0 Å². The topological polar surface area (TPSA) is 38.3 Å². The first-order valence-corrected chi connectivity index (χ1v) is 9.37. The van der Waals surface area contributed by atoms with Gasteiger partial charge in [0.05, 0.1) is 6.04 Å². The lowest BCUT2D eigenvalue weighted by Crippen LogP contribution is -2.34. The minimum Gasteiger partial charge on any atom is -0.449 e. The number of rotatable bonds is 5. The molecule has 0 heterocycles. The molecular weight excluding hydrogens is 413 g/mol. The van der Waals surface area contributed by atoms with E-state index in [2.05, 4.69) is 52.2 Å². The third-order valence-corrected chi connectivity index (χ3v) is 4.81. The molecule has 1 amide bonds. The Labute approximate surface area is 156 Å². The molecule has 0 saturated carbocycles. The van der Waals surface area contributed by atoms with Gasteiger partial charge in [0, 0.05) is 5.92 Å². The Hall–Kier alpha value is -1.82. The van der Waals surface area contributed by atoms with E-state index in [4.69, 9.17) is 4.74 Å². The van der Waals surface area contributed by atoms with E-state index >= 15 is 0 Å². The quantitative estimate of drug-likeness (QED) is 0.654. The van der Waals surface area contributed by atoms with Gasteiger partial charge in [-0.3, -0.25) is 0 Å². The lowest BCUT2D eigenvalue weighted by atomic mass is 9.98. The number of amides is 1. The molecule has 0 aliphatic heterocycles. The molecule has 0 unspecified atom stereocenters. The molecule has 0 bridgehead atoms. The van der Waals surface area contributed by atoms with Crippen molar-refractivity contribution in [1.29, 1.82) is 0 Å². The number of ether oxygens (including phenoxy) is 1. The molecule has 0 fully saturated rings. The van der Waals surface area contributed by atoms with E-state index in [1.165, 1.54) is 22.3 Å². The summed E-state index contributed by atoms with van der Waals surface area (Å²) < 4.78 is 7.44. The summed E-state index contributed by atoms with van der Waals surface area (Å²) in [7, 11) is 0. The zero-order valence-corrected chi connectivity index (χ0v) is 15.7. The van der Waals surface area contributed by atoms with Crippen LogP contribution in [0.2, 0.25) is 0 Å². The number of hydrogen-bond donors (Lipinski definition) is 1. The van der Waals surface area contributed by atoms with Crippen LogP contribution >= 0.6 is 22.6 Å². The van der Waals surface area contributed by atoms with Crippen LogP contribution in [0, 0.1) is 0 Å². The van der Waals surface area contributed by atoms with Gasteiger partial charge in [0.15, 0.2) is 0 Å². The maximum Gasteiger partial charge on any atom is 0.407 e. The summed E-state index contributed by atoms with van der Waals surface area (Å²) in [6.45, 7) is 2.38. The van der Waals surface area contributed by atoms with E-state index in [0.717, 1.165) is 6.42 Å². The smallest absolute Gasteiger partial charge is 0.407 e. The highest BCUT2D eigenvalue weighted by Gasteiger charge is 2.29. The molecule has 3 nitrogen and oxygen atoms in total. The fourth-order valence-corrected chi connectivity index (χ4v) is 3.67. The van der Waals surface area contributed by atoms with Gasteiger partial charge in [-0.2, -0.15) is 0 Å². The molecule has 4 heteroatoms. The van der Waals surface area contributed by atoms with Crippen molar-refractivity contribution in [2.24, 2.45) is 0 Å². The molecule has 1 aliphatic rings. The minimum absolute atomic E-state index is 0.0116. The average Bonchev–Trinajstić information content (AvgIpc) is 2.93. The van der Waals surface area contributed by atoms with Gasteiger partial charge in [-0.1, -0.05) is 84.1 Å². The molecule has 1 atom stereocenters. The number of halogens is 1. The van der Waals surface area contributed by atoms with Gasteiger partial charge in [-0.15, -0.1) is 0 Å². The van der Waals surface area contributed by atoms with Crippen LogP contribution in [0.1, 0.15) is 30.4 Å². The zero-order chi connectivity index (χ0) is 16.9. The summed E-state index contributed by atoms with van der Waals surface area (Å²) in [5, 5.41) is 2.89. The van der Waals surface area contributed by atoms with Crippen molar-refractivity contribution in [2.45, 2.75) is 25.3 Å². The molecule has 2 aromatic rings. The second-order valence-corrected chi connectivity index (χ2v) is 6.52. The van der Waals surface area contributed by atoms with Crippen LogP contribution in [0.15, 0.2) is 58.7 Å². The molecule has 1 N–H and O–H groups in total. The predicted molar refractivity (Wildman–Crippen MR) is 105 cm³/mol. The molecule has 3 rings (SSSR count). The second-order valence-electron chi connectivity index (χ2n) is 5.80. The molecule has 124 valence electrons. The average molecular weight is 433 g/mol. The molecule has 0 saturated heterocycles. The summed E-state index contributed by atoms with van der Waals surface area (Å²) >= 11 is 2.15. The molecule has 0 spiro atoms. The van der Waals surface area contributed by atoms with Gasteiger partial charge < -0.3 is 10.1 Å². The molecule has 1 aliphatic carbocycles. The Morgan fingerprint density at radius 3 is 2.29 bits per heavy atom. The Kier molecular flexibility index (Phi) is 5.56. The Morgan fingerprint density at radius 1 is 1.17 bits per heavy atom. The number of alkyl carbamates (subject to hydrolysis) is 1. The highest BCUT2D eigenvalue weighted by Crippen LogP contribution is 2.44. The van der Waals surface area contributed by atoms with E-state index in [1.54, 1.807) is 0 Å². The van der Waals surface area contributed by atoms with E-state index in [1.807, 2.05) is 41.3 Å². The summed E-state index contributed by atoms with van der Waals surface area (Å²) in [6, 6.07) is 16.7. The predicted octanol–water partition coefficient (Wildman–Crippen LogP) is 5.25. The molecule has 24 heavy (non-hydrogen) atoms. The normalized spacial score (nSPS) is 14.2. The van der Waals surface area contributed by atoms with E-state index in [-0.39, 0.29) is 18.1 Å². The van der Waals surface area contributed by atoms with Gasteiger partial charge in [0.2, 0.25) is 0 Å². The third kappa shape index (κ3) is 3.48. The number of fused-ring (bicyclic) bond motifs is 3. The van der Waals surface area contributed by atoms with Crippen molar-refractivity contribution in [3.63, 3.8) is 0 Å². The van der Waals surface area contributed by atoms with Crippen LogP contribution in [-0.2, 0) is 4.74 Å². The maximum absolute atomic E-state index is 12.1. The van der Waals surface area contributed by atoms with Crippen LogP contribution < -0.4 is 5.32 Å². The van der Waals surface area contributed by atoms with Gasteiger partial charge in [0.1, 0.15) is 6.61 Å². The van der Waals surface area contributed by atoms with Crippen molar-refractivity contribution in [3.05, 3.63) is 69.8 Å². The van der Waals surface area contributed by atoms with Crippen LogP contribution in [-0.4, -0.2) is 18.7 Å². The van der Waals surface area contributed by atoms with Crippen molar-refractivity contribution in [1.82, 2.24) is 5.32 Å². The Morgan fingerprint density at radius 2 is 1.75 bits per heavy atom. The maximum atomic E-state index is 12.1. The minimum atomic E-state index is -0.363. The second kappa shape index (κ2) is 7.83. The van der Waals surface area contributed by atoms with Gasteiger partial charge >= 0.3 is 6.09 Å². The monoisotopic (exact) mass is 433 g/mol. The van der Waals surface area contributed by atoms with Gasteiger partial charge in [-0.25, -0.2) is 4.79 Å². The third-order valence-electron chi connectivity index (χ3n) is 4.39. The van der Waals surface area contributed by atoms with Crippen molar-refractivity contribution >= 4 is 28.7 Å². The number of carbonyl (C=O) groups excluding carboxylic acids is 1. The Balaban J connectivity index is 1.73. The van der Waals surface area contributed by atoms with Gasteiger partial charge in [-0.05, 0) is 32.8 Å². The van der Waals surface area contributed by atoms with Crippen molar-refractivity contribution in [2.75, 3.05) is 6.61 Å². The first kappa shape index (κ1) is 17.0. The fraction of sp³-hybridized carbons (Fsp3) is 0.250. The summed E-state index contributed by atoms with van der Waals surface area (Å²) in [4.78, 5) is 12.1. The van der Waals surface area contributed by atoms with E-state index in [0.29, 0.717) is 6.61 Å². The highest BCUT2D eigenvalue weighted by atomic mass is 127. The van der Waals surface area contributed by atoms with Gasteiger partial charge in [0.25, 0.3) is 0 Å². The Bertz CT molecular complexity index is 711. The largest absolute Gasteiger partial charge is 0.449 e. The summed E-state index contributed by atoms with van der Waals surface area (Å²) in [5.74, 6) is 0.100. The number of carbonyl (C=O) groups is 1. The fourth-order valence-electron chi connectivity index (χ4n) is 3.17. The van der Waals surface area contributed by atoms with E-state index in [9.17, 15) is 4.79 Å². The molecule has 0 radical (unpaired) electrons. The SMILES string of the molecule is CC[C@H](/C=C/I)NC(=O)OCC1c2ccccc2-c2ccccc21. The van der Waals surface area contributed by atoms with Crippen LogP contribution in [0.25, 0.3) is 11.1 Å². The zero-order valence-electron chi connectivity index (χ0n) is 13.5. The summed E-state index contributed by atoms with van der Waals surface area (Å²) in [5.41, 5.74) is 4.93. The van der Waals surface area contributed by atoms with Crippen LogP contribution in [0.4, 0.5) is 4.79 Å². The van der Waals surface area contributed by atoms with Crippen LogP contribution in [0.5, 0.6) is 0 Å². The molecule has 2 aromatic carbocycles. The number of benzene rings is 2. The lowest BCUT2D eigenvalue weighted by molar-refractivity contribution is 0.140. The number of nitrogens with one attached hydrogen (secondary N) is 1. The summed E-state index contributed by atoms with van der Waals surface area (Å²) in [6.07, 6.45) is 2.43. The standard InChI is InChI=1S/C20H20INO2/c1-2-14(11-12-21)22-20(23)24-13-19-17-9-5-3-7-15(17)16-8-4-6-10-18(16)19/h3-12,14,19H,2,13H2,1H3,(H,22,23)/b12-11+/t14-/m1/s1. The van der Waals surface area contributed by atoms with Crippen LogP contribution in [0.3, 0.4) is 0 Å². The highest BCUT2D eigenvalue weighted by molar-refractivity contribution is 14.1. The first-order valence-electron chi connectivity index (χ1n) is 8.13. The van der Waals surface area contributed by atoms with Crippen molar-refractivity contribution < 1.29 is 9.53 Å². The molecular formula is C20H20INO2.